The average molecular weight is 544 g/mol. The van der Waals surface area contributed by atoms with E-state index in [0.29, 0.717) is 0 Å². The summed E-state index contributed by atoms with van der Waals surface area (Å²) in [5.41, 5.74) is 2.37. The summed E-state index contributed by atoms with van der Waals surface area (Å²) in [5, 5.41) is 53.7. The molecule has 1 saturated heterocycles. The number of methoxy groups -OCH3 is 1. The number of phenols is 2. The zero-order valence-corrected chi connectivity index (χ0v) is 21.2. The van der Waals surface area contributed by atoms with Crippen molar-refractivity contribution in [3.8, 4) is 17.2 Å². The first-order chi connectivity index (χ1) is 18.4. The predicted octanol–water partition coefficient (Wildman–Crippen LogP) is 0.00130. The van der Waals surface area contributed by atoms with E-state index in [4.69, 9.17) is 19.9 Å². The molecule has 0 aromatic heterocycles. The molecule has 5 rings (SSSR count). The summed E-state index contributed by atoms with van der Waals surface area (Å²) in [6.07, 6.45) is -5.12. The molecule has 12 heteroatoms. The highest BCUT2D eigenvalue weighted by Gasteiger charge is 2.50. The molecule has 3 aliphatic rings. The molecular formula is C27H29NO11. The van der Waals surface area contributed by atoms with Crippen molar-refractivity contribution in [2.45, 2.75) is 62.4 Å². The number of aliphatic hydroxyl groups is 3. The smallest absolute Gasteiger partial charge is 0.202 e. The van der Waals surface area contributed by atoms with Crippen molar-refractivity contribution in [1.29, 1.82) is 0 Å². The van der Waals surface area contributed by atoms with Crippen molar-refractivity contribution >= 4 is 17.3 Å². The standard InChI is InChI=1S/C27H29NO11/c1-10-22(31)13(28)6-17(38-10)39-15-8-27(36,16(30)9-29)7-12-19(15)26(35)21-20(24(12)33)23(32)11-4-3-5-14(37-2)18(11)25(21)34/h3-5,10,13,15,17,22,29,31,33,35-36H,6-9,28H2,1-2H3/t10?,13?,15-,17-,22?,27-/m0/s1. The number of Topliss-reactive ketones (excluding diaryl/α,β-unsaturated/α-hetero) is 1. The van der Waals surface area contributed by atoms with Crippen LogP contribution in [0.25, 0.3) is 0 Å². The van der Waals surface area contributed by atoms with Crippen molar-refractivity contribution in [1.82, 2.24) is 0 Å². The van der Waals surface area contributed by atoms with Crippen LogP contribution >= 0.6 is 0 Å². The van der Waals surface area contributed by atoms with Gasteiger partial charge in [-0.2, -0.15) is 0 Å². The van der Waals surface area contributed by atoms with E-state index in [2.05, 4.69) is 0 Å². The molecule has 0 radical (unpaired) electrons. The number of aromatic hydroxyl groups is 2. The fourth-order valence-corrected chi connectivity index (χ4v) is 5.75. The van der Waals surface area contributed by atoms with Crippen LogP contribution in [0.2, 0.25) is 0 Å². The van der Waals surface area contributed by atoms with Crippen molar-refractivity contribution in [2.75, 3.05) is 13.7 Å². The molecule has 0 bridgehead atoms. The Bertz CT molecular complexity index is 1380. The molecule has 1 aliphatic heterocycles. The maximum atomic E-state index is 13.6. The van der Waals surface area contributed by atoms with Crippen molar-refractivity contribution in [3.63, 3.8) is 0 Å². The zero-order valence-electron chi connectivity index (χ0n) is 21.2. The third-order valence-corrected chi connectivity index (χ3v) is 7.81. The van der Waals surface area contributed by atoms with Gasteiger partial charge in [-0.3, -0.25) is 14.4 Å². The number of nitrogens with two attached hydrogens (primary N) is 1. The lowest BCUT2D eigenvalue weighted by molar-refractivity contribution is -0.247. The third-order valence-electron chi connectivity index (χ3n) is 7.81. The molecule has 0 saturated carbocycles. The highest BCUT2D eigenvalue weighted by molar-refractivity contribution is 6.31. The summed E-state index contributed by atoms with van der Waals surface area (Å²) in [6, 6.07) is 3.64. The fraction of sp³-hybridized carbons (Fsp3) is 0.444. The molecule has 39 heavy (non-hydrogen) atoms. The Hall–Kier alpha value is -3.39. The van der Waals surface area contributed by atoms with Gasteiger partial charge in [-0.05, 0) is 13.0 Å². The number of carbonyl (C=O) groups is 3. The Kier molecular flexibility index (Phi) is 6.74. The van der Waals surface area contributed by atoms with Gasteiger partial charge in [-0.25, -0.2) is 0 Å². The molecular weight excluding hydrogens is 514 g/mol. The lowest BCUT2D eigenvalue weighted by Gasteiger charge is -2.42. The minimum atomic E-state index is -2.24. The van der Waals surface area contributed by atoms with Gasteiger partial charge in [0.2, 0.25) is 5.78 Å². The Balaban J connectivity index is 1.69. The second-order valence-electron chi connectivity index (χ2n) is 10.2. The first kappa shape index (κ1) is 27.2. The number of hydrogen-bond acceptors (Lipinski definition) is 12. The van der Waals surface area contributed by atoms with E-state index in [9.17, 15) is 39.9 Å². The van der Waals surface area contributed by atoms with Crippen LogP contribution in [0, 0.1) is 0 Å². The van der Waals surface area contributed by atoms with Gasteiger partial charge in [-0.1, -0.05) is 12.1 Å². The molecule has 6 atom stereocenters. The number of hydrogen-bond donors (Lipinski definition) is 6. The zero-order chi connectivity index (χ0) is 28.4. The van der Waals surface area contributed by atoms with Crippen LogP contribution in [0.5, 0.6) is 17.2 Å². The molecule has 3 unspecified atom stereocenters. The third kappa shape index (κ3) is 4.11. The van der Waals surface area contributed by atoms with E-state index in [1.165, 1.54) is 25.3 Å². The lowest BCUT2D eigenvalue weighted by Crippen LogP contribution is -2.53. The van der Waals surface area contributed by atoms with E-state index in [1.54, 1.807) is 6.92 Å². The van der Waals surface area contributed by atoms with Gasteiger partial charge in [0, 0.05) is 42.0 Å². The number of fused-ring (bicyclic) bond motifs is 3. The summed E-state index contributed by atoms with van der Waals surface area (Å²) in [4.78, 5) is 39.7. The topological polar surface area (TPSA) is 206 Å². The monoisotopic (exact) mass is 543 g/mol. The SMILES string of the molecule is COc1cccc2c1C(=O)c1c(O)c3c(c(O)c1C2=O)C[C@@](O)(C(=O)CO)C[C@@H]3O[C@H]1CC(N)C(O)C(C)O1. The van der Waals surface area contributed by atoms with E-state index in [1.807, 2.05) is 0 Å². The summed E-state index contributed by atoms with van der Waals surface area (Å²) in [6.45, 7) is 0.560. The molecule has 208 valence electrons. The quantitative estimate of drug-likeness (QED) is 0.235. The Labute approximate surface area is 222 Å². The summed E-state index contributed by atoms with van der Waals surface area (Å²) in [5.74, 6) is -3.77. The van der Waals surface area contributed by atoms with E-state index < -0.39 is 95.7 Å². The number of benzene rings is 2. The molecule has 2 aromatic rings. The highest BCUT2D eigenvalue weighted by atomic mass is 16.7. The van der Waals surface area contributed by atoms with Crippen molar-refractivity contribution < 1.29 is 54.1 Å². The van der Waals surface area contributed by atoms with Gasteiger partial charge in [0.05, 0.1) is 42.1 Å². The normalized spacial score (nSPS) is 29.8. The number of carbonyl (C=O) groups excluding carboxylic acids is 3. The summed E-state index contributed by atoms with van der Waals surface area (Å²) >= 11 is 0. The van der Waals surface area contributed by atoms with Crippen LogP contribution < -0.4 is 10.5 Å². The van der Waals surface area contributed by atoms with Crippen molar-refractivity contribution in [2.24, 2.45) is 5.73 Å². The van der Waals surface area contributed by atoms with Gasteiger partial charge >= 0.3 is 0 Å². The van der Waals surface area contributed by atoms with Gasteiger partial charge in [-0.15, -0.1) is 0 Å². The summed E-state index contributed by atoms with van der Waals surface area (Å²) < 4.78 is 17.0. The predicted molar refractivity (Wildman–Crippen MR) is 132 cm³/mol. The maximum absolute atomic E-state index is 13.6. The molecule has 12 nitrogen and oxygen atoms in total. The van der Waals surface area contributed by atoms with E-state index in [-0.39, 0.29) is 34.4 Å². The van der Waals surface area contributed by atoms with E-state index in [0.717, 1.165) is 0 Å². The van der Waals surface area contributed by atoms with Crippen LogP contribution in [0.4, 0.5) is 0 Å². The molecule has 2 aromatic carbocycles. The van der Waals surface area contributed by atoms with Gasteiger partial charge < -0.3 is 45.5 Å². The largest absolute Gasteiger partial charge is 0.507 e. The van der Waals surface area contributed by atoms with Crippen molar-refractivity contribution in [3.05, 3.63) is 51.6 Å². The second kappa shape index (κ2) is 9.66. The number of ketones is 3. The molecule has 1 heterocycles. The van der Waals surface area contributed by atoms with Gasteiger partial charge in [0.1, 0.15) is 29.5 Å². The van der Waals surface area contributed by atoms with Crippen LogP contribution in [-0.4, -0.2) is 86.7 Å². The van der Waals surface area contributed by atoms with Crippen LogP contribution in [0.1, 0.15) is 68.8 Å². The van der Waals surface area contributed by atoms with Crippen LogP contribution in [0.15, 0.2) is 18.2 Å². The lowest BCUT2D eigenvalue weighted by atomic mass is 9.72. The van der Waals surface area contributed by atoms with Crippen LogP contribution in [0.3, 0.4) is 0 Å². The van der Waals surface area contributed by atoms with Gasteiger partial charge in [0.15, 0.2) is 17.9 Å². The molecule has 1 fully saturated rings. The molecule has 0 spiro atoms. The number of aliphatic hydroxyl groups excluding tert-OH is 2. The Morgan fingerprint density at radius 1 is 1.15 bits per heavy atom. The minimum Gasteiger partial charge on any atom is -0.507 e. The Morgan fingerprint density at radius 2 is 1.85 bits per heavy atom. The summed E-state index contributed by atoms with van der Waals surface area (Å²) in [7, 11) is 1.32. The Morgan fingerprint density at radius 3 is 2.49 bits per heavy atom. The first-order valence-electron chi connectivity index (χ1n) is 12.4. The van der Waals surface area contributed by atoms with Gasteiger partial charge in [0.25, 0.3) is 0 Å². The van der Waals surface area contributed by atoms with E-state index >= 15 is 0 Å². The minimum absolute atomic E-state index is 0.0173. The number of rotatable bonds is 5. The number of phenolic OH excluding ortho intramolecular Hbond substituents is 2. The average Bonchev–Trinajstić information content (AvgIpc) is 2.90. The molecule has 7 N–H and O–H groups in total. The maximum Gasteiger partial charge on any atom is 0.202 e. The highest BCUT2D eigenvalue weighted by Crippen LogP contribution is 2.52. The number of ether oxygens (including phenoxy) is 3. The second-order valence-corrected chi connectivity index (χ2v) is 10.2. The fourth-order valence-electron chi connectivity index (χ4n) is 5.75. The van der Waals surface area contributed by atoms with Crippen LogP contribution in [-0.2, 0) is 20.7 Å². The first-order valence-corrected chi connectivity index (χ1v) is 12.4. The molecule has 0 amide bonds. The molecule has 2 aliphatic carbocycles.